The van der Waals surface area contributed by atoms with Gasteiger partial charge in [-0.1, -0.05) is 25.0 Å². The summed E-state index contributed by atoms with van der Waals surface area (Å²) in [7, 11) is 3.52. The Morgan fingerprint density at radius 1 is 1.18 bits per heavy atom. The molecule has 2 N–H and O–H groups in total. The highest BCUT2D eigenvalue weighted by atomic mass is 16.2. The Hall–Kier alpha value is -1.35. The molecule has 0 radical (unpaired) electrons. The highest BCUT2D eigenvalue weighted by Crippen LogP contribution is 2.36. The Kier molecular flexibility index (Phi) is 3.20. The molecule has 3 nitrogen and oxygen atoms in total. The fourth-order valence-corrected chi connectivity index (χ4v) is 2.50. The predicted molar refractivity (Wildman–Crippen MR) is 68.8 cm³/mol. The Morgan fingerprint density at radius 3 is 2.18 bits per heavy atom. The van der Waals surface area contributed by atoms with E-state index in [9.17, 15) is 4.79 Å². The molecular formula is C14H20N2O. The number of hydrogen-bond acceptors (Lipinski definition) is 2. The molecule has 1 aliphatic rings. The average molecular weight is 232 g/mol. The van der Waals surface area contributed by atoms with Crippen molar-refractivity contribution in [2.24, 2.45) is 5.73 Å². The molecule has 0 bridgehead atoms. The second kappa shape index (κ2) is 4.49. The maximum Gasteiger partial charge on any atom is 0.253 e. The lowest BCUT2D eigenvalue weighted by molar-refractivity contribution is 0.0827. The van der Waals surface area contributed by atoms with Gasteiger partial charge in [0.25, 0.3) is 5.91 Å². The van der Waals surface area contributed by atoms with Crippen LogP contribution in [0.1, 0.15) is 41.6 Å². The molecule has 0 heterocycles. The van der Waals surface area contributed by atoms with E-state index in [-0.39, 0.29) is 11.4 Å². The topological polar surface area (TPSA) is 46.3 Å². The molecule has 1 fully saturated rings. The Balaban J connectivity index is 2.21. The van der Waals surface area contributed by atoms with Gasteiger partial charge in [-0.3, -0.25) is 4.79 Å². The predicted octanol–water partition coefficient (Wildman–Crippen LogP) is 2.12. The summed E-state index contributed by atoms with van der Waals surface area (Å²) in [6.07, 6.45) is 4.51. The van der Waals surface area contributed by atoms with E-state index in [0.29, 0.717) is 0 Å². The standard InChI is InChI=1S/C14H20N2O/c1-16(2)13(17)11-5-7-12(8-6-11)14(15)9-3-4-10-14/h5-8H,3-4,9-10,15H2,1-2H3. The van der Waals surface area contributed by atoms with Crippen molar-refractivity contribution in [2.45, 2.75) is 31.2 Å². The van der Waals surface area contributed by atoms with Crippen molar-refractivity contribution in [2.75, 3.05) is 14.1 Å². The second-order valence-electron chi connectivity index (χ2n) is 5.14. The lowest BCUT2D eigenvalue weighted by Gasteiger charge is -2.24. The number of benzene rings is 1. The van der Waals surface area contributed by atoms with Crippen molar-refractivity contribution in [3.05, 3.63) is 35.4 Å². The summed E-state index contributed by atoms with van der Waals surface area (Å²) < 4.78 is 0. The van der Waals surface area contributed by atoms with Gasteiger partial charge in [0.2, 0.25) is 0 Å². The van der Waals surface area contributed by atoms with E-state index in [1.807, 2.05) is 24.3 Å². The van der Waals surface area contributed by atoms with Crippen LogP contribution in [0.4, 0.5) is 0 Å². The summed E-state index contributed by atoms with van der Waals surface area (Å²) in [6.45, 7) is 0. The second-order valence-corrected chi connectivity index (χ2v) is 5.14. The van der Waals surface area contributed by atoms with Gasteiger partial charge in [-0.2, -0.15) is 0 Å². The lowest BCUT2D eigenvalue weighted by Crippen LogP contribution is -2.33. The van der Waals surface area contributed by atoms with E-state index < -0.39 is 0 Å². The quantitative estimate of drug-likeness (QED) is 0.849. The Bertz CT molecular complexity index is 403. The molecule has 1 amide bonds. The van der Waals surface area contributed by atoms with E-state index in [1.54, 1.807) is 19.0 Å². The molecule has 0 aliphatic heterocycles. The molecule has 1 saturated carbocycles. The molecular weight excluding hydrogens is 212 g/mol. The zero-order valence-corrected chi connectivity index (χ0v) is 10.6. The van der Waals surface area contributed by atoms with E-state index in [0.717, 1.165) is 24.0 Å². The van der Waals surface area contributed by atoms with Crippen LogP contribution in [0.25, 0.3) is 0 Å². The first-order chi connectivity index (χ1) is 8.03. The highest BCUT2D eigenvalue weighted by molar-refractivity contribution is 5.93. The summed E-state index contributed by atoms with van der Waals surface area (Å²) in [5.74, 6) is 0.0362. The normalized spacial score (nSPS) is 18.1. The third-order valence-corrected chi connectivity index (χ3v) is 3.61. The van der Waals surface area contributed by atoms with Crippen LogP contribution in [-0.2, 0) is 5.54 Å². The van der Waals surface area contributed by atoms with Gasteiger partial charge in [-0.25, -0.2) is 0 Å². The van der Waals surface area contributed by atoms with Crippen LogP contribution in [0, 0.1) is 0 Å². The minimum absolute atomic E-state index is 0.0362. The zero-order chi connectivity index (χ0) is 12.5. The molecule has 0 atom stereocenters. The van der Waals surface area contributed by atoms with Crippen LogP contribution >= 0.6 is 0 Å². The largest absolute Gasteiger partial charge is 0.345 e. The molecule has 1 aromatic carbocycles. The van der Waals surface area contributed by atoms with Gasteiger partial charge in [0, 0.05) is 25.2 Å². The minimum Gasteiger partial charge on any atom is -0.345 e. The number of nitrogens with zero attached hydrogens (tertiary/aromatic N) is 1. The van der Waals surface area contributed by atoms with Gasteiger partial charge in [0.05, 0.1) is 0 Å². The summed E-state index contributed by atoms with van der Waals surface area (Å²) in [4.78, 5) is 13.3. The summed E-state index contributed by atoms with van der Waals surface area (Å²) in [5.41, 5.74) is 8.08. The molecule has 0 aromatic heterocycles. The fourth-order valence-electron chi connectivity index (χ4n) is 2.50. The van der Waals surface area contributed by atoms with E-state index >= 15 is 0 Å². The number of carbonyl (C=O) groups is 1. The summed E-state index contributed by atoms with van der Waals surface area (Å²) in [6, 6.07) is 7.76. The molecule has 2 rings (SSSR count). The van der Waals surface area contributed by atoms with E-state index in [4.69, 9.17) is 5.73 Å². The molecule has 0 unspecified atom stereocenters. The number of amides is 1. The molecule has 0 spiro atoms. The van der Waals surface area contributed by atoms with Crippen molar-refractivity contribution in [1.82, 2.24) is 4.90 Å². The van der Waals surface area contributed by atoms with Crippen molar-refractivity contribution < 1.29 is 4.79 Å². The molecule has 0 saturated heterocycles. The van der Waals surface area contributed by atoms with Gasteiger partial charge in [-0.15, -0.1) is 0 Å². The van der Waals surface area contributed by atoms with Crippen LogP contribution < -0.4 is 5.73 Å². The van der Waals surface area contributed by atoms with Crippen LogP contribution in [0.3, 0.4) is 0 Å². The summed E-state index contributed by atoms with van der Waals surface area (Å²) >= 11 is 0. The minimum atomic E-state index is -0.167. The van der Waals surface area contributed by atoms with E-state index in [1.165, 1.54) is 12.8 Å². The Labute approximate surface area is 103 Å². The number of carbonyl (C=O) groups excluding carboxylic acids is 1. The third-order valence-electron chi connectivity index (χ3n) is 3.61. The SMILES string of the molecule is CN(C)C(=O)c1ccc(C2(N)CCCC2)cc1. The van der Waals surface area contributed by atoms with Crippen LogP contribution in [0.2, 0.25) is 0 Å². The van der Waals surface area contributed by atoms with Gasteiger partial charge in [-0.05, 0) is 30.5 Å². The first-order valence-electron chi connectivity index (χ1n) is 6.14. The fraction of sp³-hybridized carbons (Fsp3) is 0.500. The van der Waals surface area contributed by atoms with Gasteiger partial charge in [0.15, 0.2) is 0 Å². The van der Waals surface area contributed by atoms with Gasteiger partial charge < -0.3 is 10.6 Å². The maximum absolute atomic E-state index is 11.8. The molecule has 92 valence electrons. The average Bonchev–Trinajstić information content (AvgIpc) is 2.76. The van der Waals surface area contributed by atoms with Crippen molar-refractivity contribution in [3.63, 3.8) is 0 Å². The first kappa shape index (κ1) is 12.1. The molecule has 1 aromatic rings. The lowest BCUT2D eigenvalue weighted by atomic mass is 9.89. The third kappa shape index (κ3) is 2.34. The van der Waals surface area contributed by atoms with Crippen molar-refractivity contribution >= 4 is 5.91 Å². The van der Waals surface area contributed by atoms with Gasteiger partial charge >= 0.3 is 0 Å². The highest BCUT2D eigenvalue weighted by Gasteiger charge is 2.31. The van der Waals surface area contributed by atoms with Crippen LogP contribution in [0.15, 0.2) is 24.3 Å². The number of nitrogens with two attached hydrogens (primary N) is 1. The molecule has 1 aliphatic carbocycles. The van der Waals surface area contributed by atoms with E-state index in [2.05, 4.69) is 0 Å². The maximum atomic E-state index is 11.8. The van der Waals surface area contributed by atoms with Gasteiger partial charge in [0.1, 0.15) is 0 Å². The Morgan fingerprint density at radius 2 is 1.71 bits per heavy atom. The summed E-state index contributed by atoms with van der Waals surface area (Å²) in [5, 5.41) is 0. The first-order valence-corrected chi connectivity index (χ1v) is 6.14. The molecule has 3 heteroatoms. The number of hydrogen-bond donors (Lipinski definition) is 1. The smallest absolute Gasteiger partial charge is 0.253 e. The van der Waals surface area contributed by atoms with Crippen molar-refractivity contribution in [3.8, 4) is 0 Å². The van der Waals surface area contributed by atoms with Crippen LogP contribution in [0.5, 0.6) is 0 Å². The zero-order valence-electron chi connectivity index (χ0n) is 10.6. The van der Waals surface area contributed by atoms with Crippen LogP contribution in [-0.4, -0.2) is 24.9 Å². The number of rotatable bonds is 2. The molecule has 17 heavy (non-hydrogen) atoms. The van der Waals surface area contributed by atoms with Crippen molar-refractivity contribution in [1.29, 1.82) is 0 Å². The monoisotopic (exact) mass is 232 g/mol.